The Kier molecular flexibility index (Phi) is 2.26. The largest absolute Gasteiger partial charge is 0.295 e. The van der Waals surface area contributed by atoms with Crippen molar-refractivity contribution in [3.8, 4) is 0 Å². The van der Waals surface area contributed by atoms with Gasteiger partial charge in [0.05, 0.1) is 6.26 Å². The summed E-state index contributed by atoms with van der Waals surface area (Å²) in [5.41, 5.74) is 0. The fourth-order valence-electron chi connectivity index (χ4n) is 0.834. The second-order valence-electron chi connectivity index (χ2n) is 2.35. The molecule has 0 bridgehead atoms. The van der Waals surface area contributed by atoms with Gasteiger partial charge in [0.15, 0.2) is 12.0 Å². The van der Waals surface area contributed by atoms with Crippen LogP contribution in [0.25, 0.3) is 0 Å². The Hall–Kier alpha value is -0.460. The Bertz CT molecular complexity index is 258. The van der Waals surface area contributed by atoms with Crippen LogP contribution in [-0.2, 0) is 19.1 Å². The standard InChI is InChI=1S/C5H9NO4S/c1-11(8,9)10-5-4(7)2-3-6-5/h5-6H,2-3H2,1H3. The van der Waals surface area contributed by atoms with Crippen LogP contribution in [0.2, 0.25) is 0 Å². The number of carbonyl (C=O) groups excluding carboxylic acids is 1. The molecule has 0 saturated carbocycles. The lowest BCUT2D eigenvalue weighted by Gasteiger charge is -2.06. The molecule has 0 aromatic heterocycles. The van der Waals surface area contributed by atoms with Gasteiger partial charge in [0.1, 0.15) is 0 Å². The van der Waals surface area contributed by atoms with Gasteiger partial charge in [-0.1, -0.05) is 0 Å². The van der Waals surface area contributed by atoms with Crippen LogP contribution in [-0.4, -0.2) is 33.2 Å². The average molecular weight is 179 g/mol. The van der Waals surface area contributed by atoms with Gasteiger partial charge in [0, 0.05) is 13.0 Å². The monoisotopic (exact) mass is 179 g/mol. The highest BCUT2D eigenvalue weighted by atomic mass is 32.2. The molecule has 6 heteroatoms. The van der Waals surface area contributed by atoms with Crippen LogP contribution in [0.3, 0.4) is 0 Å². The summed E-state index contributed by atoms with van der Waals surface area (Å²) in [6, 6.07) is 0. The van der Waals surface area contributed by atoms with Crippen LogP contribution in [0.15, 0.2) is 0 Å². The molecule has 11 heavy (non-hydrogen) atoms. The molecule has 0 radical (unpaired) electrons. The van der Waals surface area contributed by atoms with Crippen LogP contribution in [0, 0.1) is 0 Å². The molecule has 0 aromatic carbocycles. The van der Waals surface area contributed by atoms with Crippen LogP contribution >= 0.6 is 0 Å². The van der Waals surface area contributed by atoms with Crippen molar-refractivity contribution in [2.75, 3.05) is 12.8 Å². The van der Waals surface area contributed by atoms with Gasteiger partial charge in [-0.3, -0.25) is 10.1 Å². The van der Waals surface area contributed by atoms with E-state index < -0.39 is 16.3 Å². The molecule has 1 heterocycles. The quantitative estimate of drug-likeness (QED) is 0.542. The van der Waals surface area contributed by atoms with Gasteiger partial charge < -0.3 is 0 Å². The van der Waals surface area contributed by atoms with E-state index in [9.17, 15) is 13.2 Å². The third kappa shape index (κ3) is 2.57. The van der Waals surface area contributed by atoms with Crippen LogP contribution in [0.4, 0.5) is 0 Å². The van der Waals surface area contributed by atoms with Crippen molar-refractivity contribution >= 4 is 15.9 Å². The molecule has 5 nitrogen and oxygen atoms in total. The van der Waals surface area contributed by atoms with Crippen molar-refractivity contribution in [3.05, 3.63) is 0 Å². The van der Waals surface area contributed by atoms with E-state index >= 15 is 0 Å². The van der Waals surface area contributed by atoms with Crippen molar-refractivity contribution in [3.63, 3.8) is 0 Å². The van der Waals surface area contributed by atoms with E-state index in [0.29, 0.717) is 13.0 Å². The zero-order valence-corrected chi connectivity index (χ0v) is 6.85. The number of hydrogen-bond donors (Lipinski definition) is 1. The number of rotatable bonds is 2. The highest BCUT2D eigenvalue weighted by molar-refractivity contribution is 7.86. The van der Waals surface area contributed by atoms with Gasteiger partial charge in [0.25, 0.3) is 10.1 Å². The van der Waals surface area contributed by atoms with E-state index in [1.54, 1.807) is 0 Å². The number of hydrogen-bond acceptors (Lipinski definition) is 5. The lowest BCUT2D eigenvalue weighted by atomic mass is 10.3. The van der Waals surface area contributed by atoms with Crippen molar-refractivity contribution in [2.24, 2.45) is 0 Å². The van der Waals surface area contributed by atoms with E-state index in [4.69, 9.17) is 0 Å². The summed E-state index contributed by atoms with van der Waals surface area (Å²) in [7, 11) is -3.52. The highest BCUT2D eigenvalue weighted by Gasteiger charge is 2.27. The second-order valence-corrected chi connectivity index (χ2v) is 3.95. The molecule has 1 aliphatic heterocycles. The number of Topliss-reactive ketones (excluding diaryl/α,β-unsaturated/α-hetero) is 1. The molecule has 1 N–H and O–H groups in total. The van der Waals surface area contributed by atoms with Gasteiger partial charge in [0.2, 0.25) is 0 Å². The van der Waals surface area contributed by atoms with Crippen molar-refractivity contribution in [1.29, 1.82) is 0 Å². The Balaban J connectivity index is 2.57. The minimum absolute atomic E-state index is 0.213. The summed E-state index contributed by atoms with van der Waals surface area (Å²) < 4.78 is 25.5. The van der Waals surface area contributed by atoms with Gasteiger partial charge >= 0.3 is 0 Å². The van der Waals surface area contributed by atoms with Gasteiger partial charge in [-0.25, -0.2) is 4.18 Å². The molecule has 64 valence electrons. The molecule has 0 aliphatic carbocycles. The first-order chi connectivity index (χ1) is 4.99. The van der Waals surface area contributed by atoms with Crippen LogP contribution in [0.5, 0.6) is 0 Å². The summed E-state index contributed by atoms with van der Waals surface area (Å²) >= 11 is 0. The lowest BCUT2D eigenvalue weighted by Crippen LogP contribution is -2.32. The third-order valence-electron chi connectivity index (χ3n) is 1.26. The minimum Gasteiger partial charge on any atom is -0.295 e. The Morgan fingerprint density at radius 2 is 2.27 bits per heavy atom. The maximum absolute atomic E-state index is 10.8. The first-order valence-corrected chi connectivity index (χ1v) is 4.95. The normalized spacial score (nSPS) is 25.9. The number of nitrogens with one attached hydrogen (secondary N) is 1. The van der Waals surface area contributed by atoms with Crippen molar-refractivity contribution < 1.29 is 17.4 Å². The molecule has 1 saturated heterocycles. The van der Waals surface area contributed by atoms with E-state index in [1.165, 1.54) is 0 Å². The molecule has 0 aromatic rings. The zero-order chi connectivity index (χ0) is 8.48. The summed E-state index contributed by atoms with van der Waals surface area (Å²) in [4.78, 5) is 10.8. The molecule has 1 atom stereocenters. The first kappa shape index (κ1) is 8.63. The summed E-state index contributed by atoms with van der Waals surface area (Å²) in [5, 5.41) is 2.61. The molecule has 1 fully saturated rings. The predicted molar refractivity (Wildman–Crippen MR) is 37.3 cm³/mol. The summed E-state index contributed by atoms with van der Waals surface area (Å²) in [6.45, 7) is 0.485. The first-order valence-electron chi connectivity index (χ1n) is 3.13. The van der Waals surface area contributed by atoms with E-state index in [2.05, 4.69) is 9.50 Å². The molecular formula is C5H9NO4S. The SMILES string of the molecule is CS(=O)(=O)OC1NCCC1=O. The van der Waals surface area contributed by atoms with Gasteiger partial charge in [-0.2, -0.15) is 8.42 Å². The molecule has 0 spiro atoms. The van der Waals surface area contributed by atoms with Crippen LogP contribution < -0.4 is 5.32 Å². The zero-order valence-electron chi connectivity index (χ0n) is 6.03. The Morgan fingerprint density at radius 1 is 1.64 bits per heavy atom. The van der Waals surface area contributed by atoms with E-state index in [1.807, 2.05) is 0 Å². The smallest absolute Gasteiger partial charge is 0.266 e. The second kappa shape index (κ2) is 2.88. The maximum atomic E-state index is 10.8. The number of ketones is 1. The molecule has 1 rings (SSSR count). The van der Waals surface area contributed by atoms with Gasteiger partial charge in [-0.15, -0.1) is 0 Å². The fourth-order valence-corrected chi connectivity index (χ4v) is 1.36. The molecular weight excluding hydrogens is 170 g/mol. The molecule has 0 amide bonds. The van der Waals surface area contributed by atoms with Crippen LogP contribution in [0.1, 0.15) is 6.42 Å². The maximum Gasteiger partial charge on any atom is 0.266 e. The topological polar surface area (TPSA) is 72.5 Å². The third-order valence-corrected chi connectivity index (χ3v) is 1.81. The lowest BCUT2D eigenvalue weighted by molar-refractivity contribution is -0.123. The fraction of sp³-hybridized carbons (Fsp3) is 0.800. The van der Waals surface area contributed by atoms with Crippen molar-refractivity contribution in [1.82, 2.24) is 5.32 Å². The Morgan fingerprint density at radius 3 is 2.64 bits per heavy atom. The molecule has 1 aliphatic rings. The Labute approximate surface area is 64.9 Å². The average Bonchev–Trinajstić information content (AvgIpc) is 2.12. The van der Waals surface area contributed by atoms with Gasteiger partial charge in [-0.05, 0) is 0 Å². The van der Waals surface area contributed by atoms with E-state index in [0.717, 1.165) is 6.26 Å². The van der Waals surface area contributed by atoms with E-state index in [-0.39, 0.29) is 5.78 Å². The predicted octanol–water partition coefficient (Wildman–Crippen LogP) is -1.15. The highest BCUT2D eigenvalue weighted by Crippen LogP contribution is 2.04. The summed E-state index contributed by atoms with van der Waals surface area (Å²) in [6.07, 6.45) is 0.297. The minimum atomic E-state index is -3.52. The summed E-state index contributed by atoms with van der Waals surface area (Å²) in [5.74, 6) is -0.213. The molecule has 1 unspecified atom stereocenters. The number of carbonyl (C=O) groups is 1. The van der Waals surface area contributed by atoms with Crippen molar-refractivity contribution in [2.45, 2.75) is 12.6 Å².